The van der Waals surface area contributed by atoms with Crippen LogP contribution in [-0.2, 0) is 9.47 Å². The summed E-state index contributed by atoms with van der Waals surface area (Å²) in [6.45, 7) is 11.8. The molecule has 0 radical (unpaired) electrons. The average molecular weight is 299 g/mol. The van der Waals surface area contributed by atoms with Crippen LogP contribution in [0.1, 0.15) is 40.0 Å². The standard InChI is InChI=1S/C16H33N3O2/c1-5-21-15-7-10-19(11-8-15)16(17-4)18-9-6-12-20-13-14(2)3/h14-15H,5-13H2,1-4H3,(H,17,18). The van der Waals surface area contributed by atoms with Gasteiger partial charge in [-0.05, 0) is 32.1 Å². The van der Waals surface area contributed by atoms with Crippen molar-refractivity contribution in [2.45, 2.75) is 46.1 Å². The lowest BCUT2D eigenvalue weighted by Gasteiger charge is -2.34. The molecule has 1 aliphatic heterocycles. The molecular formula is C16H33N3O2. The first-order valence-electron chi connectivity index (χ1n) is 8.32. The topological polar surface area (TPSA) is 46.1 Å². The van der Waals surface area contributed by atoms with Crippen molar-refractivity contribution in [1.82, 2.24) is 10.2 Å². The Labute approximate surface area is 130 Å². The van der Waals surface area contributed by atoms with E-state index in [0.717, 1.165) is 64.7 Å². The number of hydrogen-bond acceptors (Lipinski definition) is 3. The number of nitrogens with zero attached hydrogens (tertiary/aromatic N) is 2. The number of rotatable bonds is 8. The highest BCUT2D eigenvalue weighted by Gasteiger charge is 2.21. The van der Waals surface area contributed by atoms with E-state index in [2.05, 4.69) is 36.0 Å². The fraction of sp³-hybridized carbons (Fsp3) is 0.938. The highest BCUT2D eigenvalue weighted by atomic mass is 16.5. The number of ether oxygens (including phenoxy) is 2. The van der Waals surface area contributed by atoms with E-state index in [1.54, 1.807) is 0 Å². The van der Waals surface area contributed by atoms with Crippen LogP contribution in [0.15, 0.2) is 4.99 Å². The molecule has 21 heavy (non-hydrogen) atoms. The second kappa shape index (κ2) is 10.9. The fourth-order valence-electron chi connectivity index (χ4n) is 2.50. The van der Waals surface area contributed by atoms with Crippen LogP contribution in [0.25, 0.3) is 0 Å². The maximum absolute atomic E-state index is 5.69. The number of guanidine groups is 1. The van der Waals surface area contributed by atoms with Crippen LogP contribution in [0, 0.1) is 5.92 Å². The first-order chi connectivity index (χ1) is 10.2. The lowest BCUT2D eigenvalue weighted by atomic mass is 10.1. The number of aliphatic imine (C=N–C) groups is 1. The molecule has 0 unspecified atom stereocenters. The van der Waals surface area contributed by atoms with Gasteiger partial charge in [0, 0.05) is 46.5 Å². The van der Waals surface area contributed by atoms with E-state index in [-0.39, 0.29) is 0 Å². The zero-order valence-electron chi connectivity index (χ0n) is 14.2. The summed E-state index contributed by atoms with van der Waals surface area (Å²) in [4.78, 5) is 6.70. The summed E-state index contributed by atoms with van der Waals surface area (Å²) in [7, 11) is 1.85. The summed E-state index contributed by atoms with van der Waals surface area (Å²) in [6.07, 6.45) is 3.62. The van der Waals surface area contributed by atoms with Crippen molar-refractivity contribution in [3.63, 3.8) is 0 Å². The molecule has 5 heteroatoms. The lowest BCUT2D eigenvalue weighted by molar-refractivity contribution is 0.0263. The van der Waals surface area contributed by atoms with Gasteiger partial charge in [-0.25, -0.2) is 0 Å². The molecule has 0 spiro atoms. The van der Waals surface area contributed by atoms with Crippen molar-refractivity contribution in [2.24, 2.45) is 10.9 Å². The highest BCUT2D eigenvalue weighted by molar-refractivity contribution is 5.79. The molecule has 0 saturated carbocycles. The van der Waals surface area contributed by atoms with Crippen molar-refractivity contribution in [1.29, 1.82) is 0 Å². The van der Waals surface area contributed by atoms with Gasteiger partial charge in [-0.3, -0.25) is 4.99 Å². The summed E-state index contributed by atoms with van der Waals surface area (Å²) >= 11 is 0. The van der Waals surface area contributed by atoms with Gasteiger partial charge in [0.25, 0.3) is 0 Å². The largest absolute Gasteiger partial charge is 0.381 e. The van der Waals surface area contributed by atoms with Gasteiger partial charge in [0.1, 0.15) is 0 Å². The molecule has 0 bridgehead atoms. The Hall–Kier alpha value is -0.810. The van der Waals surface area contributed by atoms with Crippen LogP contribution in [-0.4, -0.2) is 63.5 Å². The molecule has 0 amide bonds. The summed E-state index contributed by atoms with van der Waals surface area (Å²) in [6, 6.07) is 0. The van der Waals surface area contributed by atoms with E-state index in [1.165, 1.54) is 0 Å². The number of nitrogens with one attached hydrogen (secondary N) is 1. The van der Waals surface area contributed by atoms with E-state index in [1.807, 2.05) is 7.05 Å². The highest BCUT2D eigenvalue weighted by Crippen LogP contribution is 2.13. The van der Waals surface area contributed by atoms with Crippen LogP contribution in [0.5, 0.6) is 0 Å². The fourth-order valence-corrected chi connectivity index (χ4v) is 2.50. The van der Waals surface area contributed by atoms with Gasteiger partial charge in [0.15, 0.2) is 5.96 Å². The first kappa shape index (κ1) is 18.2. The molecular weight excluding hydrogens is 266 g/mol. The molecule has 1 N–H and O–H groups in total. The van der Waals surface area contributed by atoms with Crippen molar-refractivity contribution in [3.8, 4) is 0 Å². The lowest BCUT2D eigenvalue weighted by Crippen LogP contribution is -2.47. The summed E-state index contributed by atoms with van der Waals surface area (Å²) in [5.41, 5.74) is 0. The molecule has 1 saturated heterocycles. The van der Waals surface area contributed by atoms with Crippen molar-refractivity contribution in [3.05, 3.63) is 0 Å². The Balaban J connectivity index is 2.15. The van der Waals surface area contributed by atoms with E-state index in [4.69, 9.17) is 9.47 Å². The number of likely N-dealkylation sites (tertiary alicyclic amines) is 1. The normalized spacial score (nSPS) is 17.6. The molecule has 1 heterocycles. The van der Waals surface area contributed by atoms with E-state index in [9.17, 15) is 0 Å². The zero-order valence-corrected chi connectivity index (χ0v) is 14.2. The Morgan fingerprint density at radius 1 is 1.33 bits per heavy atom. The molecule has 1 rings (SSSR count). The van der Waals surface area contributed by atoms with Crippen molar-refractivity contribution >= 4 is 5.96 Å². The average Bonchev–Trinajstić information content (AvgIpc) is 2.48. The Kier molecular flexibility index (Phi) is 9.42. The molecule has 0 atom stereocenters. The molecule has 0 aliphatic carbocycles. The zero-order chi connectivity index (χ0) is 15.5. The smallest absolute Gasteiger partial charge is 0.193 e. The maximum Gasteiger partial charge on any atom is 0.193 e. The molecule has 1 aliphatic rings. The molecule has 0 aromatic rings. The van der Waals surface area contributed by atoms with Crippen molar-refractivity contribution < 1.29 is 9.47 Å². The van der Waals surface area contributed by atoms with Crippen LogP contribution in [0.4, 0.5) is 0 Å². The summed E-state index contributed by atoms with van der Waals surface area (Å²) < 4.78 is 11.3. The van der Waals surface area contributed by atoms with Crippen LogP contribution in [0.2, 0.25) is 0 Å². The SMILES string of the molecule is CCOC1CCN(C(=NC)NCCCOCC(C)C)CC1. The minimum atomic E-state index is 0.425. The quantitative estimate of drug-likeness (QED) is 0.424. The monoisotopic (exact) mass is 299 g/mol. The van der Waals surface area contributed by atoms with Crippen LogP contribution >= 0.6 is 0 Å². The predicted octanol–water partition coefficient (Wildman–Crippen LogP) is 2.13. The third-order valence-corrected chi connectivity index (χ3v) is 3.56. The van der Waals surface area contributed by atoms with Gasteiger partial charge in [-0.1, -0.05) is 13.8 Å². The van der Waals surface area contributed by atoms with Gasteiger partial charge in [-0.2, -0.15) is 0 Å². The molecule has 0 aromatic heterocycles. The van der Waals surface area contributed by atoms with Crippen LogP contribution in [0.3, 0.4) is 0 Å². The van der Waals surface area contributed by atoms with Gasteiger partial charge < -0.3 is 19.7 Å². The third kappa shape index (κ3) is 7.67. The van der Waals surface area contributed by atoms with E-state index in [0.29, 0.717) is 12.0 Å². The molecule has 1 fully saturated rings. The maximum atomic E-state index is 5.69. The van der Waals surface area contributed by atoms with Gasteiger partial charge in [0.2, 0.25) is 0 Å². The number of piperidine rings is 1. The van der Waals surface area contributed by atoms with E-state index >= 15 is 0 Å². The third-order valence-electron chi connectivity index (χ3n) is 3.56. The van der Waals surface area contributed by atoms with Crippen molar-refractivity contribution in [2.75, 3.05) is 46.5 Å². The second-order valence-corrected chi connectivity index (χ2v) is 5.94. The molecule has 5 nitrogen and oxygen atoms in total. The Morgan fingerprint density at radius 2 is 2.05 bits per heavy atom. The van der Waals surface area contributed by atoms with Gasteiger partial charge in [-0.15, -0.1) is 0 Å². The first-order valence-corrected chi connectivity index (χ1v) is 8.32. The number of hydrogen-bond donors (Lipinski definition) is 1. The van der Waals surface area contributed by atoms with E-state index < -0.39 is 0 Å². The Morgan fingerprint density at radius 3 is 2.62 bits per heavy atom. The predicted molar refractivity (Wildman–Crippen MR) is 87.9 cm³/mol. The molecule has 124 valence electrons. The summed E-state index contributed by atoms with van der Waals surface area (Å²) in [5.74, 6) is 1.62. The van der Waals surface area contributed by atoms with Crippen LogP contribution < -0.4 is 5.32 Å². The van der Waals surface area contributed by atoms with Gasteiger partial charge in [0.05, 0.1) is 6.10 Å². The summed E-state index contributed by atoms with van der Waals surface area (Å²) in [5, 5.41) is 3.43. The van der Waals surface area contributed by atoms with Gasteiger partial charge >= 0.3 is 0 Å². The Bertz CT molecular complexity index is 287. The minimum absolute atomic E-state index is 0.425. The second-order valence-electron chi connectivity index (χ2n) is 5.94. The minimum Gasteiger partial charge on any atom is -0.381 e. The molecule has 0 aromatic carbocycles.